The van der Waals surface area contributed by atoms with Crippen LogP contribution in [-0.2, 0) is 17.6 Å². The van der Waals surface area contributed by atoms with E-state index >= 15 is 0 Å². The van der Waals surface area contributed by atoms with Gasteiger partial charge in [-0.05, 0) is 25.3 Å². The molecule has 1 aliphatic carbocycles. The number of nitrogens with zero attached hydrogens (tertiary/aromatic N) is 2. The second kappa shape index (κ2) is 8.81. The highest BCUT2D eigenvalue weighted by Crippen LogP contribution is 2.26. The predicted octanol–water partition coefficient (Wildman–Crippen LogP) is 0.314. The second-order valence-electron chi connectivity index (χ2n) is 6.96. The Morgan fingerprint density at radius 3 is 2.89 bits per heavy atom. The fourth-order valence-electron chi connectivity index (χ4n) is 3.39. The number of aromatic nitrogens is 4. The first kappa shape index (κ1) is 19.1. The Morgan fingerprint density at radius 2 is 2.15 bits per heavy atom. The van der Waals surface area contributed by atoms with E-state index in [0.29, 0.717) is 31.5 Å². The summed E-state index contributed by atoms with van der Waals surface area (Å²) < 4.78 is 0. The fraction of sp³-hybridized carbons (Fsp3) is 0.556. The molecule has 0 radical (unpaired) electrons. The van der Waals surface area contributed by atoms with Crippen molar-refractivity contribution < 1.29 is 14.7 Å². The maximum atomic E-state index is 12.3. The Labute approximate surface area is 157 Å². The van der Waals surface area contributed by atoms with E-state index in [1.165, 1.54) is 0 Å². The summed E-state index contributed by atoms with van der Waals surface area (Å²) in [6.45, 7) is 2.55. The van der Waals surface area contributed by atoms with Crippen LogP contribution in [0.15, 0.2) is 18.6 Å². The van der Waals surface area contributed by atoms with Crippen LogP contribution in [0.25, 0.3) is 0 Å². The molecule has 1 saturated carbocycles. The summed E-state index contributed by atoms with van der Waals surface area (Å²) >= 11 is 0. The second-order valence-corrected chi connectivity index (χ2v) is 6.96. The minimum atomic E-state index is -0.744. The van der Waals surface area contributed by atoms with Crippen LogP contribution < -0.4 is 10.6 Å². The smallest absolute Gasteiger partial charge is 0.272 e. The first-order valence-corrected chi connectivity index (χ1v) is 9.35. The van der Waals surface area contributed by atoms with E-state index in [1.807, 2.05) is 0 Å². The monoisotopic (exact) mass is 374 g/mol. The van der Waals surface area contributed by atoms with Crippen LogP contribution in [0.5, 0.6) is 0 Å². The molecular weight excluding hydrogens is 348 g/mol. The molecule has 9 heteroatoms. The van der Waals surface area contributed by atoms with Crippen LogP contribution in [0.4, 0.5) is 0 Å². The van der Waals surface area contributed by atoms with Crippen molar-refractivity contribution in [1.82, 2.24) is 30.8 Å². The Balaban J connectivity index is 1.46. The number of aliphatic hydroxyl groups excluding tert-OH is 1. The lowest BCUT2D eigenvalue weighted by Crippen LogP contribution is -2.40. The molecule has 146 valence electrons. The van der Waals surface area contributed by atoms with Crippen LogP contribution in [0.3, 0.4) is 0 Å². The van der Waals surface area contributed by atoms with Gasteiger partial charge in [-0.1, -0.05) is 13.3 Å². The molecule has 0 bridgehead atoms. The molecule has 2 aromatic rings. The molecule has 5 N–H and O–H groups in total. The molecule has 1 fully saturated rings. The number of hydrogen-bond donors (Lipinski definition) is 5. The topological polar surface area (TPSA) is 136 Å². The van der Waals surface area contributed by atoms with Gasteiger partial charge in [-0.2, -0.15) is 5.10 Å². The molecule has 2 amide bonds. The van der Waals surface area contributed by atoms with Crippen LogP contribution in [-0.4, -0.2) is 55.8 Å². The number of carbonyl (C=O) groups excluding carboxylic acids is 2. The number of aryl methyl sites for hydroxylation is 1. The van der Waals surface area contributed by atoms with Gasteiger partial charge in [0, 0.05) is 36.5 Å². The van der Waals surface area contributed by atoms with Crippen molar-refractivity contribution >= 4 is 11.8 Å². The van der Waals surface area contributed by atoms with Gasteiger partial charge in [-0.25, -0.2) is 4.98 Å². The van der Waals surface area contributed by atoms with Gasteiger partial charge in [-0.3, -0.25) is 14.7 Å². The predicted molar refractivity (Wildman–Crippen MR) is 97.9 cm³/mol. The Bertz CT molecular complexity index is 757. The molecule has 0 aliphatic heterocycles. The van der Waals surface area contributed by atoms with Crippen molar-refractivity contribution in [2.75, 3.05) is 6.54 Å². The average Bonchev–Trinajstić information content (AvgIpc) is 3.38. The highest BCUT2D eigenvalue weighted by atomic mass is 16.3. The SMILES string of the molecule is CCCc1cc(C(=O)N[C@@H]2C[C@H](C(=O)NCCc3cnc[nH]3)C[C@H]2O)n[nH]1. The van der Waals surface area contributed by atoms with Crippen molar-refractivity contribution in [3.63, 3.8) is 0 Å². The van der Waals surface area contributed by atoms with Gasteiger partial charge >= 0.3 is 0 Å². The van der Waals surface area contributed by atoms with E-state index in [0.717, 1.165) is 24.2 Å². The lowest BCUT2D eigenvalue weighted by Gasteiger charge is -2.15. The summed E-state index contributed by atoms with van der Waals surface area (Å²) in [6, 6.07) is 1.27. The molecule has 9 nitrogen and oxygen atoms in total. The highest BCUT2D eigenvalue weighted by molar-refractivity contribution is 5.92. The first-order chi connectivity index (χ1) is 13.1. The van der Waals surface area contributed by atoms with Crippen LogP contribution >= 0.6 is 0 Å². The number of hydrogen-bond acceptors (Lipinski definition) is 5. The first-order valence-electron chi connectivity index (χ1n) is 9.35. The minimum Gasteiger partial charge on any atom is -0.391 e. The van der Waals surface area contributed by atoms with E-state index in [4.69, 9.17) is 0 Å². The molecule has 0 saturated heterocycles. The molecule has 1 aliphatic rings. The molecule has 2 heterocycles. The Hall–Kier alpha value is -2.68. The van der Waals surface area contributed by atoms with Crippen molar-refractivity contribution in [3.8, 4) is 0 Å². The van der Waals surface area contributed by atoms with Gasteiger partial charge in [0.25, 0.3) is 5.91 Å². The van der Waals surface area contributed by atoms with Gasteiger partial charge in [0.05, 0.1) is 18.5 Å². The number of carbonyl (C=O) groups is 2. The molecule has 2 aromatic heterocycles. The number of aromatic amines is 2. The van der Waals surface area contributed by atoms with Gasteiger partial charge in [0.1, 0.15) is 5.69 Å². The number of rotatable bonds is 8. The third-order valence-corrected chi connectivity index (χ3v) is 4.85. The van der Waals surface area contributed by atoms with E-state index in [9.17, 15) is 14.7 Å². The number of imidazole rings is 1. The summed E-state index contributed by atoms with van der Waals surface area (Å²) in [5, 5.41) is 22.8. The van der Waals surface area contributed by atoms with E-state index in [1.54, 1.807) is 18.6 Å². The molecule has 0 spiro atoms. The fourth-order valence-corrected chi connectivity index (χ4v) is 3.39. The number of H-pyrrole nitrogens is 2. The quantitative estimate of drug-likeness (QED) is 0.453. The van der Waals surface area contributed by atoms with Crippen molar-refractivity contribution in [3.05, 3.63) is 35.7 Å². The number of aliphatic hydroxyl groups is 1. The van der Waals surface area contributed by atoms with E-state index < -0.39 is 12.1 Å². The van der Waals surface area contributed by atoms with Gasteiger partial charge in [0.15, 0.2) is 0 Å². The van der Waals surface area contributed by atoms with Crippen LogP contribution in [0.1, 0.15) is 48.1 Å². The zero-order valence-corrected chi connectivity index (χ0v) is 15.4. The lowest BCUT2D eigenvalue weighted by atomic mass is 10.1. The third-order valence-electron chi connectivity index (χ3n) is 4.85. The number of nitrogens with one attached hydrogen (secondary N) is 4. The summed E-state index contributed by atoms with van der Waals surface area (Å²) in [7, 11) is 0. The normalized spacial score (nSPS) is 21.9. The highest BCUT2D eigenvalue weighted by Gasteiger charge is 2.37. The van der Waals surface area contributed by atoms with Crippen molar-refractivity contribution in [2.45, 2.75) is 51.2 Å². The molecule has 3 rings (SSSR count). The van der Waals surface area contributed by atoms with Crippen molar-refractivity contribution in [2.24, 2.45) is 5.92 Å². The van der Waals surface area contributed by atoms with E-state index in [2.05, 4.69) is 37.7 Å². The van der Waals surface area contributed by atoms with Gasteiger partial charge in [-0.15, -0.1) is 0 Å². The molecular formula is C18H26N6O3. The van der Waals surface area contributed by atoms with E-state index in [-0.39, 0.29) is 17.7 Å². The number of amides is 2. The maximum Gasteiger partial charge on any atom is 0.272 e. The lowest BCUT2D eigenvalue weighted by molar-refractivity contribution is -0.125. The summed E-state index contributed by atoms with van der Waals surface area (Å²) in [6.07, 6.45) is 5.78. The van der Waals surface area contributed by atoms with Crippen LogP contribution in [0.2, 0.25) is 0 Å². The van der Waals surface area contributed by atoms with Gasteiger partial charge < -0.3 is 20.7 Å². The van der Waals surface area contributed by atoms with Crippen LogP contribution in [0, 0.1) is 5.92 Å². The Morgan fingerprint density at radius 1 is 1.30 bits per heavy atom. The molecule has 27 heavy (non-hydrogen) atoms. The molecule has 0 aromatic carbocycles. The average molecular weight is 374 g/mol. The summed E-state index contributed by atoms with van der Waals surface area (Å²) in [5.41, 5.74) is 2.16. The van der Waals surface area contributed by atoms with Gasteiger partial charge in [0.2, 0.25) is 5.91 Å². The third kappa shape index (κ3) is 4.94. The largest absolute Gasteiger partial charge is 0.391 e. The zero-order chi connectivity index (χ0) is 19.2. The minimum absolute atomic E-state index is 0.102. The standard InChI is InChI=1S/C18H26N6O3/c1-2-3-12-8-15(24-23-12)18(27)22-14-6-11(7-16(14)25)17(26)20-5-4-13-9-19-10-21-13/h8-11,14,16,25H,2-7H2,1H3,(H,19,21)(H,20,26)(H,22,27)(H,23,24)/t11-,14+,16+/m0/s1. The van der Waals surface area contributed by atoms with Crippen molar-refractivity contribution in [1.29, 1.82) is 0 Å². The molecule has 0 unspecified atom stereocenters. The summed E-state index contributed by atoms with van der Waals surface area (Å²) in [5.74, 6) is -0.754. The Kier molecular flexibility index (Phi) is 6.23. The molecule has 3 atom stereocenters. The maximum absolute atomic E-state index is 12.3. The summed E-state index contributed by atoms with van der Waals surface area (Å²) in [4.78, 5) is 31.6. The zero-order valence-electron chi connectivity index (χ0n) is 15.4.